The molecule has 4 atom stereocenters. The van der Waals surface area contributed by atoms with E-state index in [4.69, 9.17) is 9.47 Å². The second kappa shape index (κ2) is 7.59. The number of ether oxygens (including phenoxy) is 2. The molecule has 4 unspecified atom stereocenters. The Morgan fingerprint density at radius 3 is 2.40 bits per heavy atom. The first-order chi connectivity index (χ1) is 12.0. The lowest BCUT2D eigenvalue weighted by molar-refractivity contribution is 0.0151. The first kappa shape index (κ1) is 18.0. The normalized spacial score (nSPS) is 26.0. The van der Waals surface area contributed by atoms with Gasteiger partial charge in [0.1, 0.15) is 11.9 Å². The molecule has 25 heavy (non-hydrogen) atoms. The monoisotopic (exact) mass is 340 g/mol. The van der Waals surface area contributed by atoms with E-state index in [2.05, 4.69) is 37.3 Å². The van der Waals surface area contributed by atoms with Gasteiger partial charge >= 0.3 is 0 Å². The van der Waals surface area contributed by atoms with Crippen LogP contribution in [0.4, 0.5) is 0 Å². The molecule has 0 radical (unpaired) electrons. The van der Waals surface area contributed by atoms with Gasteiger partial charge in [0.2, 0.25) is 0 Å². The number of aliphatic hydroxyl groups excluding tert-OH is 1. The standard InChI is InChI=1S/C22H28O3/c1-5-24-20-10-7-17(8-11-20)12-19-13-18(9-6-14(19)2)22-21(23)15(3)16(4)25-22/h6-11,13,15-16,21-23H,5,12H2,1-4H3. The first-order valence-corrected chi connectivity index (χ1v) is 9.14. The second-order valence-corrected chi connectivity index (χ2v) is 7.05. The van der Waals surface area contributed by atoms with Gasteiger partial charge in [-0.25, -0.2) is 0 Å². The molecule has 0 aliphatic carbocycles. The van der Waals surface area contributed by atoms with Crippen LogP contribution in [0.1, 0.15) is 49.1 Å². The van der Waals surface area contributed by atoms with Gasteiger partial charge in [-0.1, -0.05) is 37.3 Å². The van der Waals surface area contributed by atoms with Gasteiger partial charge < -0.3 is 14.6 Å². The molecule has 0 spiro atoms. The van der Waals surface area contributed by atoms with Crippen molar-refractivity contribution < 1.29 is 14.6 Å². The Kier molecular flexibility index (Phi) is 5.45. The highest BCUT2D eigenvalue weighted by molar-refractivity contribution is 5.38. The van der Waals surface area contributed by atoms with Crippen molar-refractivity contribution in [3.8, 4) is 5.75 Å². The fraction of sp³-hybridized carbons (Fsp3) is 0.455. The molecule has 0 saturated carbocycles. The zero-order valence-electron chi connectivity index (χ0n) is 15.5. The van der Waals surface area contributed by atoms with Crippen LogP contribution in [-0.2, 0) is 11.2 Å². The molecule has 1 aliphatic rings. The van der Waals surface area contributed by atoms with Gasteiger partial charge in [0.15, 0.2) is 0 Å². The summed E-state index contributed by atoms with van der Waals surface area (Å²) in [5.41, 5.74) is 4.84. The van der Waals surface area contributed by atoms with Crippen molar-refractivity contribution in [2.45, 2.75) is 52.4 Å². The predicted octanol–water partition coefficient (Wildman–Crippen LogP) is 4.44. The van der Waals surface area contributed by atoms with E-state index in [1.165, 1.54) is 16.7 Å². The Hall–Kier alpha value is -1.84. The van der Waals surface area contributed by atoms with Gasteiger partial charge in [0.05, 0.1) is 18.8 Å². The van der Waals surface area contributed by atoms with E-state index in [1.807, 2.05) is 32.9 Å². The molecule has 1 N–H and O–H groups in total. The van der Waals surface area contributed by atoms with Crippen molar-refractivity contribution in [1.29, 1.82) is 0 Å². The largest absolute Gasteiger partial charge is 0.494 e. The minimum Gasteiger partial charge on any atom is -0.494 e. The third kappa shape index (κ3) is 3.88. The molecule has 2 aromatic carbocycles. The van der Waals surface area contributed by atoms with Crippen molar-refractivity contribution >= 4 is 0 Å². The summed E-state index contributed by atoms with van der Waals surface area (Å²) < 4.78 is 11.5. The van der Waals surface area contributed by atoms with E-state index < -0.39 is 6.10 Å². The lowest BCUT2D eigenvalue weighted by Crippen LogP contribution is -2.20. The summed E-state index contributed by atoms with van der Waals surface area (Å²) in [5.74, 6) is 1.06. The summed E-state index contributed by atoms with van der Waals surface area (Å²) >= 11 is 0. The summed E-state index contributed by atoms with van der Waals surface area (Å²) in [7, 11) is 0. The first-order valence-electron chi connectivity index (χ1n) is 9.14. The quantitative estimate of drug-likeness (QED) is 0.874. The third-order valence-electron chi connectivity index (χ3n) is 5.28. The smallest absolute Gasteiger partial charge is 0.119 e. The molecule has 1 fully saturated rings. The van der Waals surface area contributed by atoms with Gasteiger partial charge in [-0.05, 0) is 61.6 Å². The maximum Gasteiger partial charge on any atom is 0.119 e. The molecule has 2 aromatic rings. The number of aryl methyl sites for hydroxylation is 1. The molecule has 3 nitrogen and oxygen atoms in total. The van der Waals surface area contributed by atoms with Crippen LogP contribution in [0.25, 0.3) is 0 Å². The summed E-state index contributed by atoms with van der Waals surface area (Å²) in [6.07, 6.45) is 0.261. The fourth-order valence-corrected chi connectivity index (χ4v) is 3.41. The molecule has 0 bridgehead atoms. The Morgan fingerprint density at radius 1 is 1.08 bits per heavy atom. The van der Waals surface area contributed by atoms with E-state index in [1.54, 1.807) is 0 Å². The summed E-state index contributed by atoms with van der Waals surface area (Å²) in [5, 5.41) is 10.5. The number of rotatable bonds is 5. The maximum atomic E-state index is 10.5. The number of hydrogen-bond donors (Lipinski definition) is 1. The van der Waals surface area contributed by atoms with E-state index >= 15 is 0 Å². The van der Waals surface area contributed by atoms with Crippen molar-refractivity contribution in [2.75, 3.05) is 6.61 Å². The van der Waals surface area contributed by atoms with Crippen molar-refractivity contribution in [3.05, 3.63) is 64.7 Å². The zero-order valence-corrected chi connectivity index (χ0v) is 15.5. The van der Waals surface area contributed by atoms with Crippen molar-refractivity contribution in [3.63, 3.8) is 0 Å². The Balaban J connectivity index is 1.80. The van der Waals surface area contributed by atoms with E-state index in [0.717, 1.165) is 17.7 Å². The SMILES string of the molecule is CCOc1ccc(Cc2cc(C3OC(C)C(C)C3O)ccc2C)cc1. The van der Waals surface area contributed by atoms with Crippen molar-refractivity contribution in [2.24, 2.45) is 5.92 Å². The van der Waals surface area contributed by atoms with Gasteiger partial charge in [-0.15, -0.1) is 0 Å². The average molecular weight is 340 g/mol. The Bertz CT molecular complexity index is 708. The maximum absolute atomic E-state index is 10.5. The van der Waals surface area contributed by atoms with Gasteiger partial charge in [-0.2, -0.15) is 0 Å². The molecular weight excluding hydrogens is 312 g/mol. The summed E-state index contributed by atoms with van der Waals surface area (Å²) in [6.45, 7) is 8.88. The topological polar surface area (TPSA) is 38.7 Å². The number of hydrogen-bond acceptors (Lipinski definition) is 3. The summed E-state index contributed by atoms with van der Waals surface area (Å²) in [4.78, 5) is 0. The predicted molar refractivity (Wildman–Crippen MR) is 100 cm³/mol. The van der Waals surface area contributed by atoms with Crippen LogP contribution in [0, 0.1) is 12.8 Å². The molecule has 3 rings (SSSR count). The fourth-order valence-electron chi connectivity index (χ4n) is 3.41. The highest BCUT2D eigenvalue weighted by atomic mass is 16.5. The van der Waals surface area contributed by atoms with E-state index in [9.17, 15) is 5.11 Å². The van der Waals surface area contributed by atoms with E-state index in [-0.39, 0.29) is 18.1 Å². The van der Waals surface area contributed by atoms with E-state index in [0.29, 0.717) is 6.61 Å². The Labute approximate surface area is 150 Å². The van der Waals surface area contributed by atoms with Crippen LogP contribution in [0.5, 0.6) is 5.75 Å². The molecule has 134 valence electrons. The number of benzene rings is 2. The molecular formula is C22H28O3. The molecule has 1 heterocycles. The number of aliphatic hydroxyl groups is 1. The van der Waals surface area contributed by atoms with Crippen LogP contribution in [0.3, 0.4) is 0 Å². The summed E-state index contributed by atoms with van der Waals surface area (Å²) in [6, 6.07) is 14.7. The van der Waals surface area contributed by atoms with Crippen LogP contribution in [0.15, 0.2) is 42.5 Å². The molecule has 1 aliphatic heterocycles. The lowest BCUT2D eigenvalue weighted by atomic mass is 9.92. The molecule has 0 amide bonds. The highest BCUT2D eigenvalue weighted by Crippen LogP contribution is 2.37. The lowest BCUT2D eigenvalue weighted by Gasteiger charge is -2.18. The van der Waals surface area contributed by atoms with Crippen LogP contribution < -0.4 is 4.74 Å². The van der Waals surface area contributed by atoms with Gasteiger partial charge in [0.25, 0.3) is 0 Å². The van der Waals surface area contributed by atoms with Crippen LogP contribution >= 0.6 is 0 Å². The zero-order chi connectivity index (χ0) is 18.0. The Morgan fingerprint density at radius 2 is 1.80 bits per heavy atom. The average Bonchev–Trinajstić information content (AvgIpc) is 2.86. The third-order valence-corrected chi connectivity index (χ3v) is 5.28. The highest BCUT2D eigenvalue weighted by Gasteiger charge is 2.39. The van der Waals surface area contributed by atoms with Gasteiger partial charge in [0, 0.05) is 5.92 Å². The van der Waals surface area contributed by atoms with Crippen LogP contribution in [-0.4, -0.2) is 23.9 Å². The minimum atomic E-state index is -0.448. The minimum absolute atomic E-state index is 0.0795. The second-order valence-electron chi connectivity index (χ2n) is 7.05. The molecule has 3 heteroatoms. The van der Waals surface area contributed by atoms with Crippen molar-refractivity contribution in [1.82, 2.24) is 0 Å². The molecule has 0 aromatic heterocycles. The van der Waals surface area contributed by atoms with Gasteiger partial charge in [-0.3, -0.25) is 0 Å². The van der Waals surface area contributed by atoms with Crippen LogP contribution in [0.2, 0.25) is 0 Å². The molecule has 1 saturated heterocycles.